The van der Waals surface area contributed by atoms with E-state index in [1.165, 1.54) is 5.56 Å². The average molecular weight is 277 g/mol. The maximum absolute atomic E-state index is 5.89. The van der Waals surface area contributed by atoms with Gasteiger partial charge in [0.15, 0.2) is 0 Å². The highest BCUT2D eigenvalue weighted by atomic mass is 16.5. The standard InChI is InChI=1S/C17H27NO2/c1-4-17(2)13-15(10-12-20-17)18-11-9-14-7-5-6-8-16(14)19-3/h5-8,15,18H,4,9-13H2,1-3H3. The summed E-state index contributed by atoms with van der Waals surface area (Å²) in [5.74, 6) is 0.986. The third-order valence-electron chi connectivity index (χ3n) is 4.36. The van der Waals surface area contributed by atoms with Crippen LogP contribution in [0.2, 0.25) is 0 Å². The van der Waals surface area contributed by atoms with E-state index >= 15 is 0 Å². The van der Waals surface area contributed by atoms with Gasteiger partial charge in [-0.05, 0) is 50.8 Å². The zero-order chi connectivity index (χ0) is 14.4. The Kier molecular flexibility index (Phi) is 5.44. The second-order valence-corrected chi connectivity index (χ2v) is 5.86. The van der Waals surface area contributed by atoms with Crippen molar-refractivity contribution in [3.63, 3.8) is 0 Å². The van der Waals surface area contributed by atoms with E-state index in [1.54, 1.807) is 7.11 Å². The quantitative estimate of drug-likeness (QED) is 0.866. The zero-order valence-corrected chi connectivity index (χ0v) is 12.9. The number of methoxy groups -OCH3 is 1. The van der Waals surface area contributed by atoms with Crippen molar-refractivity contribution in [2.75, 3.05) is 20.3 Å². The van der Waals surface area contributed by atoms with Crippen molar-refractivity contribution in [2.45, 2.75) is 51.2 Å². The Morgan fingerprint density at radius 1 is 1.40 bits per heavy atom. The molecule has 1 N–H and O–H groups in total. The van der Waals surface area contributed by atoms with Crippen LogP contribution < -0.4 is 10.1 Å². The van der Waals surface area contributed by atoms with E-state index in [0.29, 0.717) is 6.04 Å². The normalized spacial score (nSPS) is 26.4. The second-order valence-electron chi connectivity index (χ2n) is 5.86. The average Bonchev–Trinajstić information content (AvgIpc) is 2.48. The lowest BCUT2D eigenvalue weighted by molar-refractivity contribution is -0.0778. The van der Waals surface area contributed by atoms with E-state index in [4.69, 9.17) is 9.47 Å². The topological polar surface area (TPSA) is 30.5 Å². The van der Waals surface area contributed by atoms with Gasteiger partial charge in [-0.3, -0.25) is 0 Å². The molecular formula is C17H27NO2. The fraction of sp³-hybridized carbons (Fsp3) is 0.647. The molecule has 2 unspecified atom stereocenters. The van der Waals surface area contributed by atoms with Gasteiger partial charge in [0.1, 0.15) is 5.75 Å². The summed E-state index contributed by atoms with van der Waals surface area (Å²) in [5, 5.41) is 3.68. The van der Waals surface area contributed by atoms with Crippen LogP contribution in [0.3, 0.4) is 0 Å². The molecule has 0 radical (unpaired) electrons. The van der Waals surface area contributed by atoms with Crippen LogP contribution in [0.25, 0.3) is 0 Å². The molecule has 1 aromatic carbocycles. The smallest absolute Gasteiger partial charge is 0.122 e. The van der Waals surface area contributed by atoms with Crippen molar-refractivity contribution in [2.24, 2.45) is 0 Å². The molecule has 112 valence electrons. The molecule has 1 aliphatic rings. The van der Waals surface area contributed by atoms with Crippen LogP contribution in [-0.4, -0.2) is 31.9 Å². The van der Waals surface area contributed by atoms with Crippen molar-refractivity contribution in [3.05, 3.63) is 29.8 Å². The number of para-hydroxylation sites is 1. The van der Waals surface area contributed by atoms with E-state index in [-0.39, 0.29) is 5.60 Å². The SMILES string of the molecule is CCC1(C)CC(NCCc2ccccc2OC)CCO1. The molecule has 0 amide bonds. The summed E-state index contributed by atoms with van der Waals surface area (Å²) in [6.45, 7) is 6.29. The highest BCUT2D eigenvalue weighted by Crippen LogP contribution is 2.27. The first-order valence-corrected chi connectivity index (χ1v) is 7.66. The summed E-state index contributed by atoms with van der Waals surface area (Å²) in [7, 11) is 1.73. The van der Waals surface area contributed by atoms with Gasteiger partial charge in [0.05, 0.1) is 12.7 Å². The van der Waals surface area contributed by atoms with E-state index in [1.807, 2.05) is 12.1 Å². The van der Waals surface area contributed by atoms with Gasteiger partial charge in [-0.1, -0.05) is 25.1 Å². The molecule has 0 saturated carbocycles. The van der Waals surface area contributed by atoms with Crippen molar-refractivity contribution < 1.29 is 9.47 Å². The third-order valence-corrected chi connectivity index (χ3v) is 4.36. The lowest BCUT2D eigenvalue weighted by atomic mass is 9.90. The maximum Gasteiger partial charge on any atom is 0.122 e. The van der Waals surface area contributed by atoms with Gasteiger partial charge in [-0.15, -0.1) is 0 Å². The molecule has 1 aromatic rings. The largest absolute Gasteiger partial charge is 0.496 e. The molecule has 0 spiro atoms. The third kappa shape index (κ3) is 3.97. The summed E-state index contributed by atoms with van der Waals surface area (Å²) < 4.78 is 11.3. The number of ether oxygens (including phenoxy) is 2. The molecule has 3 heteroatoms. The minimum Gasteiger partial charge on any atom is -0.496 e. The first-order valence-electron chi connectivity index (χ1n) is 7.66. The predicted molar refractivity (Wildman–Crippen MR) is 82.4 cm³/mol. The maximum atomic E-state index is 5.89. The van der Waals surface area contributed by atoms with Crippen LogP contribution in [0.15, 0.2) is 24.3 Å². The number of benzene rings is 1. The van der Waals surface area contributed by atoms with Gasteiger partial charge < -0.3 is 14.8 Å². The van der Waals surface area contributed by atoms with Crippen molar-refractivity contribution in [3.8, 4) is 5.75 Å². The Morgan fingerprint density at radius 2 is 2.20 bits per heavy atom. The van der Waals surface area contributed by atoms with Crippen LogP contribution in [0, 0.1) is 0 Å². The number of rotatable bonds is 6. The van der Waals surface area contributed by atoms with Crippen molar-refractivity contribution in [1.29, 1.82) is 0 Å². The Bertz CT molecular complexity index is 421. The minimum atomic E-state index is 0.0559. The van der Waals surface area contributed by atoms with Crippen LogP contribution in [0.1, 0.15) is 38.7 Å². The van der Waals surface area contributed by atoms with Crippen molar-refractivity contribution in [1.82, 2.24) is 5.32 Å². The lowest BCUT2D eigenvalue weighted by Crippen LogP contribution is -2.45. The predicted octanol–water partition coefficient (Wildman–Crippen LogP) is 3.18. The second kappa shape index (κ2) is 7.09. The fourth-order valence-electron chi connectivity index (χ4n) is 2.87. The zero-order valence-electron chi connectivity index (χ0n) is 12.9. The van der Waals surface area contributed by atoms with E-state index < -0.39 is 0 Å². The molecule has 2 atom stereocenters. The Hall–Kier alpha value is -1.06. The molecule has 1 saturated heterocycles. The highest BCUT2D eigenvalue weighted by Gasteiger charge is 2.31. The number of hydrogen-bond acceptors (Lipinski definition) is 3. The van der Waals surface area contributed by atoms with Crippen LogP contribution in [0.4, 0.5) is 0 Å². The van der Waals surface area contributed by atoms with Gasteiger partial charge in [0.2, 0.25) is 0 Å². The summed E-state index contributed by atoms with van der Waals surface area (Å²) in [6.07, 6.45) is 4.30. The molecule has 0 aromatic heterocycles. The molecule has 0 aliphatic carbocycles. The minimum absolute atomic E-state index is 0.0559. The summed E-state index contributed by atoms with van der Waals surface area (Å²) in [6, 6.07) is 8.82. The monoisotopic (exact) mass is 277 g/mol. The van der Waals surface area contributed by atoms with E-state index in [2.05, 4.69) is 31.3 Å². The molecular weight excluding hydrogens is 250 g/mol. The summed E-state index contributed by atoms with van der Waals surface area (Å²) >= 11 is 0. The van der Waals surface area contributed by atoms with Gasteiger partial charge in [-0.25, -0.2) is 0 Å². The molecule has 0 bridgehead atoms. The van der Waals surface area contributed by atoms with Gasteiger partial charge >= 0.3 is 0 Å². The Labute approximate surface area is 122 Å². The molecule has 2 rings (SSSR count). The lowest BCUT2D eigenvalue weighted by Gasteiger charge is -2.38. The summed E-state index contributed by atoms with van der Waals surface area (Å²) in [4.78, 5) is 0. The van der Waals surface area contributed by atoms with Gasteiger partial charge in [-0.2, -0.15) is 0 Å². The number of hydrogen-bond donors (Lipinski definition) is 1. The first kappa shape index (κ1) is 15.3. The fourth-order valence-corrected chi connectivity index (χ4v) is 2.87. The molecule has 20 heavy (non-hydrogen) atoms. The van der Waals surface area contributed by atoms with E-state index in [9.17, 15) is 0 Å². The van der Waals surface area contributed by atoms with Crippen LogP contribution in [0.5, 0.6) is 5.75 Å². The van der Waals surface area contributed by atoms with E-state index in [0.717, 1.165) is 44.6 Å². The molecule has 3 nitrogen and oxygen atoms in total. The van der Waals surface area contributed by atoms with Crippen LogP contribution >= 0.6 is 0 Å². The molecule has 1 fully saturated rings. The molecule has 1 heterocycles. The van der Waals surface area contributed by atoms with Crippen LogP contribution in [-0.2, 0) is 11.2 Å². The molecule has 1 aliphatic heterocycles. The van der Waals surface area contributed by atoms with Gasteiger partial charge in [0, 0.05) is 12.6 Å². The van der Waals surface area contributed by atoms with Gasteiger partial charge in [0.25, 0.3) is 0 Å². The highest BCUT2D eigenvalue weighted by molar-refractivity contribution is 5.33. The van der Waals surface area contributed by atoms with Crippen molar-refractivity contribution >= 4 is 0 Å². The Balaban J connectivity index is 1.81. The number of nitrogens with one attached hydrogen (secondary N) is 1. The summed E-state index contributed by atoms with van der Waals surface area (Å²) in [5.41, 5.74) is 1.33. The Morgan fingerprint density at radius 3 is 2.95 bits per heavy atom. The first-order chi connectivity index (χ1) is 9.67.